The summed E-state index contributed by atoms with van der Waals surface area (Å²) in [6.07, 6.45) is 2.89. The minimum absolute atomic E-state index is 0.0781. The minimum atomic E-state index is 0.0781. The average Bonchev–Trinajstić information content (AvgIpc) is 3.13. The number of nitrogens with one attached hydrogen (secondary N) is 1. The summed E-state index contributed by atoms with van der Waals surface area (Å²) in [4.78, 5) is 14.6. The maximum absolute atomic E-state index is 12.3. The van der Waals surface area contributed by atoms with E-state index in [1.54, 1.807) is 0 Å². The number of rotatable bonds is 5. The number of benzene rings is 1. The number of carbonyl (C=O) groups excluding carboxylic acids is 1. The van der Waals surface area contributed by atoms with Crippen molar-refractivity contribution in [1.29, 1.82) is 0 Å². The first kappa shape index (κ1) is 17.0. The Morgan fingerprint density at radius 3 is 2.92 bits per heavy atom. The normalized spacial score (nSPS) is 19.0. The summed E-state index contributed by atoms with van der Waals surface area (Å²) in [5.41, 5.74) is 2.42. The monoisotopic (exact) mass is 355 g/mol. The number of hydrogen-bond donors (Lipinski definition) is 1. The molecule has 26 heavy (non-hydrogen) atoms. The second kappa shape index (κ2) is 7.41. The van der Waals surface area contributed by atoms with E-state index >= 15 is 0 Å². The SMILES string of the molecule is CC1c2cccn2CCN1CC(=O)NCCc1ccc2c(c1)OCCO2. The number of hydrogen-bond acceptors (Lipinski definition) is 4. The van der Waals surface area contributed by atoms with Gasteiger partial charge in [0.05, 0.1) is 6.54 Å². The van der Waals surface area contributed by atoms with E-state index in [9.17, 15) is 4.79 Å². The second-order valence-corrected chi connectivity index (χ2v) is 6.85. The maximum Gasteiger partial charge on any atom is 0.234 e. The summed E-state index contributed by atoms with van der Waals surface area (Å²) >= 11 is 0. The fourth-order valence-electron chi connectivity index (χ4n) is 3.67. The summed E-state index contributed by atoms with van der Waals surface area (Å²) in [7, 11) is 0. The first-order valence-corrected chi connectivity index (χ1v) is 9.25. The quantitative estimate of drug-likeness (QED) is 0.891. The molecule has 0 saturated heterocycles. The topological polar surface area (TPSA) is 55.7 Å². The highest BCUT2D eigenvalue weighted by Crippen LogP contribution is 2.30. The van der Waals surface area contributed by atoms with Crippen LogP contribution in [0, 0.1) is 0 Å². The molecule has 138 valence electrons. The van der Waals surface area contributed by atoms with Gasteiger partial charge >= 0.3 is 0 Å². The molecule has 1 atom stereocenters. The predicted octanol–water partition coefficient (Wildman–Crippen LogP) is 1.99. The molecule has 6 nitrogen and oxygen atoms in total. The van der Waals surface area contributed by atoms with E-state index in [1.165, 1.54) is 5.69 Å². The molecule has 0 aliphatic carbocycles. The minimum Gasteiger partial charge on any atom is -0.486 e. The zero-order chi connectivity index (χ0) is 17.9. The Balaban J connectivity index is 1.26. The molecular formula is C20H25N3O3. The molecule has 3 heterocycles. The molecule has 1 aromatic heterocycles. The van der Waals surface area contributed by atoms with Crippen molar-refractivity contribution in [3.63, 3.8) is 0 Å². The van der Waals surface area contributed by atoms with Gasteiger partial charge in [-0.05, 0) is 43.2 Å². The number of ether oxygens (including phenoxy) is 2. The summed E-state index contributed by atoms with van der Waals surface area (Å²) in [6, 6.07) is 10.4. The smallest absolute Gasteiger partial charge is 0.234 e. The summed E-state index contributed by atoms with van der Waals surface area (Å²) in [6.45, 7) is 6.25. The van der Waals surface area contributed by atoms with Crippen LogP contribution in [0.15, 0.2) is 36.5 Å². The molecule has 1 N–H and O–H groups in total. The van der Waals surface area contributed by atoms with Crippen molar-refractivity contribution in [3.05, 3.63) is 47.8 Å². The van der Waals surface area contributed by atoms with Crippen molar-refractivity contribution in [2.24, 2.45) is 0 Å². The largest absolute Gasteiger partial charge is 0.486 e. The summed E-state index contributed by atoms with van der Waals surface area (Å²) in [5, 5.41) is 3.04. The van der Waals surface area contributed by atoms with Crippen molar-refractivity contribution in [2.75, 3.05) is 32.8 Å². The van der Waals surface area contributed by atoms with E-state index in [2.05, 4.69) is 40.0 Å². The van der Waals surface area contributed by atoms with E-state index in [1.807, 2.05) is 18.2 Å². The maximum atomic E-state index is 12.3. The van der Waals surface area contributed by atoms with Crippen LogP contribution in [0.3, 0.4) is 0 Å². The number of nitrogens with zero attached hydrogens (tertiary/aromatic N) is 2. The van der Waals surface area contributed by atoms with E-state index in [0.717, 1.165) is 36.6 Å². The Bertz CT molecular complexity index is 786. The van der Waals surface area contributed by atoms with Crippen LogP contribution < -0.4 is 14.8 Å². The zero-order valence-corrected chi connectivity index (χ0v) is 15.1. The third kappa shape index (κ3) is 3.55. The lowest BCUT2D eigenvalue weighted by molar-refractivity contribution is -0.123. The molecule has 0 spiro atoms. The second-order valence-electron chi connectivity index (χ2n) is 6.85. The number of amides is 1. The molecule has 2 aliphatic heterocycles. The molecule has 4 rings (SSSR count). The highest BCUT2D eigenvalue weighted by molar-refractivity contribution is 5.78. The van der Waals surface area contributed by atoms with Crippen molar-refractivity contribution in [1.82, 2.24) is 14.8 Å². The first-order chi connectivity index (χ1) is 12.7. The van der Waals surface area contributed by atoms with Gasteiger partial charge in [-0.15, -0.1) is 0 Å². The summed E-state index contributed by atoms with van der Waals surface area (Å²) in [5.74, 6) is 1.67. The third-order valence-corrected chi connectivity index (χ3v) is 5.16. The summed E-state index contributed by atoms with van der Waals surface area (Å²) < 4.78 is 13.4. The number of carbonyl (C=O) groups is 1. The molecule has 1 unspecified atom stereocenters. The Labute approximate surface area is 153 Å². The van der Waals surface area contributed by atoms with Crippen LogP contribution in [-0.4, -0.2) is 48.2 Å². The highest BCUT2D eigenvalue weighted by Gasteiger charge is 2.24. The van der Waals surface area contributed by atoms with Crippen molar-refractivity contribution < 1.29 is 14.3 Å². The first-order valence-electron chi connectivity index (χ1n) is 9.25. The van der Waals surface area contributed by atoms with Gasteiger partial charge in [0.15, 0.2) is 11.5 Å². The van der Waals surface area contributed by atoms with E-state index in [-0.39, 0.29) is 11.9 Å². The van der Waals surface area contributed by atoms with Gasteiger partial charge in [0.25, 0.3) is 0 Å². The molecule has 0 radical (unpaired) electrons. The van der Waals surface area contributed by atoms with E-state index < -0.39 is 0 Å². The van der Waals surface area contributed by atoms with Gasteiger partial charge in [0, 0.05) is 37.6 Å². The van der Waals surface area contributed by atoms with Crippen molar-refractivity contribution in [3.8, 4) is 11.5 Å². The molecular weight excluding hydrogens is 330 g/mol. The van der Waals surface area contributed by atoms with Gasteiger partial charge in [-0.3, -0.25) is 9.69 Å². The zero-order valence-electron chi connectivity index (χ0n) is 15.1. The van der Waals surface area contributed by atoms with Gasteiger partial charge in [0.2, 0.25) is 5.91 Å². The molecule has 1 amide bonds. The molecule has 6 heteroatoms. The Hall–Kier alpha value is -2.47. The third-order valence-electron chi connectivity index (χ3n) is 5.16. The van der Waals surface area contributed by atoms with Crippen LogP contribution in [0.2, 0.25) is 0 Å². The van der Waals surface area contributed by atoms with E-state index in [0.29, 0.717) is 26.3 Å². The molecule has 1 aromatic carbocycles. The van der Waals surface area contributed by atoms with E-state index in [4.69, 9.17) is 9.47 Å². The molecule has 0 fully saturated rings. The molecule has 2 aromatic rings. The van der Waals surface area contributed by atoms with Crippen LogP contribution in [0.25, 0.3) is 0 Å². The molecule has 2 aliphatic rings. The van der Waals surface area contributed by atoms with Crippen molar-refractivity contribution >= 4 is 5.91 Å². The van der Waals surface area contributed by atoms with Crippen molar-refractivity contribution in [2.45, 2.75) is 25.9 Å². The van der Waals surface area contributed by atoms with Crippen LogP contribution >= 0.6 is 0 Å². The van der Waals surface area contributed by atoms with Gasteiger partial charge < -0.3 is 19.4 Å². The average molecular weight is 355 g/mol. The predicted molar refractivity (Wildman–Crippen MR) is 98.6 cm³/mol. The number of fused-ring (bicyclic) bond motifs is 2. The number of aromatic nitrogens is 1. The standard InChI is InChI=1S/C20H25N3O3/c1-15-17-3-2-8-22(17)9-10-23(15)14-20(24)21-7-6-16-4-5-18-19(13-16)26-12-11-25-18/h2-5,8,13,15H,6-7,9-12,14H2,1H3,(H,21,24). The van der Waals surface area contributed by atoms with Crippen LogP contribution in [0.1, 0.15) is 24.2 Å². The lowest BCUT2D eigenvalue weighted by Crippen LogP contribution is -2.43. The molecule has 0 saturated carbocycles. The van der Waals surface area contributed by atoms with Gasteiger partial charge in [0.1, 0.15) is 13.2 Å². The highest BCUT2D eigenvalue weighted by atomic mass is 16.6. The lowest BCUT2D eigenvalue weighted by atomic mass is 10.1. The van der Waals surface area contributed by atoms with Gasteiger partial charge in [-0.25, -0.2) is 0 Å². The van der Waals surface area contributed by atoms with Crippen LogP contribution in [0.5, 0.6) is 11.5 Å². The Morgan fingerprint density at radius 2 is 2.04 bits per heavy atom. The van der Waals surface area contributed by atoms with Crippen LogP contribution in [0.4, 0.5) is 0 Å². The fraction of sp³-hybridized carbons (Fsp3) is 0.450. The van der Waals surface area contributed by atoms with Crippen LogP contribution in [-0.2, 0) is 17.8 Å². The Morgan fingerprint density at radius 1 is 1.19 bits per heavy atom. The lowest BCUT2D eigenvalue weighted by Gasteiger charge is -2.34. The van der Waals surface area contributed by atoms with Gasteiger partial charge in [-0.2, -0.15) is 0 Å². The Kier molecular flexibility index (Phi) is 4.84. The fourth-order valence-corrected chi connectivity index (χ4v) is 3.67. The van der Waals surface area contributed by atoms with Gasteiger partial charge in [-0.1, -0.05) is 6.07 Å². The molecule has 0 bridgehead atoms.